The lowest BCUT2D eigenvalue weighted by atomic mass is 9.97. The summed E-state index contributed by atoms with van der Waals surface area (Å²) in [5.41, 5.74) is 0. The van der Waals surface area contributed by atoms with Crippen LogP contribution in [-0.2, 0) is 23.7 Å². The third kappa shape index (κ3) is 39.0. The van der Waals surface area contributed by atoms with Gasteiger partial charge in [-0.15, -0.1) is 0 Å². The average Bonchev–Trinajstić information content (AvgIpc) is 1.83. The van der Waals surface area contributed by atoms with E-state index in [-0.39, 0.29) is 18.9 Å². The second-order valence-electron chi connectivity index (χ2n) is 22.5. The van der Waals surface area contributed by atoms with Crippen molar-refractivity contribution >= 4 is 5.91 Å². The molecule has 14 nitrogen and oxygen atoms in total. The maximum atomic E-state index is 13.3. The van der Waals surface area contributed by atoms with Crippen LogP contribution in [0.15, 0.2) is 146 Å². The smallest absolute Gasteiger partial charge is 0.220 e. The van der Waals surface area contributed by atoms with Gasteiger partial charge in [0, 0.05) is 6.42 Å². The van der Waals surface area contributed by atoms with Gasteiger partial charge < -0.3 is 65.1 Å². The predicted molar refractivity (Wildman–Crippen MR) is 350 cm³/mol. The Hall–Kier alpha value is -4.13. The molecule has 488 valence electrons. The van der Waals surface area contributed by atoms with Crippen molar-refractivity contribution in [3.8, 4) is 0 Å². The molecule has 2 saturated heterocycles. The first kappa shape index (κ1) is 78.0. The molecule has 0 radical (unpaired) electrons. The van der Waals surface area contributed by atoms with Gasteiger partial charge in [0.2, 0.25) is 5.91 Å². The van der Waals surface area contributed by atoms with E-state index in [2.05, 4.69) is 153 Å². The monoisotopic (exact) mass is 1200 g/mol. The summed E-state index contributed by atoms with van der Waals surface area (Å²) in [6.07, 6.45) is 66.0. The summed E-state index contributed by atoms with van der Waals surface area (Å²) in [5.74, 6) is -0.278. The van der Waals surface area contributed by atoms with Crippen LogP contribution in [0.2, 0.25) is 0 Å². The first-order chi connectivity index (χ1) is 42.1. The van der Waals surface area contributed by atoms with E-state index in [4.69, 9.17) is 18.9 Å². The molecule has 0 bridgehead atoms. The van der Waals surface area contributed by atoms with Crippen LogP contribution in [0.4, 0.5) is 0 Å². The zero-order valence-corrected chi connectivity index (χ0v) is 52.7. The molecular formula is C72H117NO13. The van der Waals surface area contributed by atoms with Crippen molar-refractivity contribution in [2.75, 3.05) is 19.8 Å². The van der Waals surface area contributed by atoms with Gasteiger partial charge in [0.25, 0.3) is 0 Å². The molecule has 9 N–H and O–H groups in total. The minimum atomic E-state index is -1.80. The molecule has 2 fully saturated rings. The highest BCUT2D eigenvalue weighted by molar-refractivity contribution is 5.76. The van der Waals surface area contributed by atoms with E-state index in [1.54, 1.807) is 6.08 Å². The molecule has 12 atom stereocenters. The minimum absolute atomic E-state index is 0.231. The summed E-state index contributed by atoms with van der Waals surface area (Å²) >= 11 is 0. The molecule has 2 aliphatic rings. The number of carbonyl (C=O) groups excluding carboxylic acids is 1. The van der Waals surface area contributed by atoms with Crippen LogP contribution >= 0.6 is 0 Å². The lowest BCUT2D eigenvalue weighted by Gasteiger charge is -2.46. The Labute approximate surface area is 519 Å². The number of aliphatic hydroxyl groups is 8. The molecule has 0 aromatic rings. The van der Waals surface area contributed by atoms with Gasteiger partial charge in [0.15, 0.2) is 12.6 Å². The number of aliphatic hydroxyl groups excluding tert-OH is 8. The Morgan fingerprint density at radius 2 is 0.802 bits per heavy atom. The van der Waals surface area contributed by atoms with Crippen molar-refractivity contribution < 1.29 is 64.6 Å². The zero-order chi connectivity index (χ0) is 62.3. The Bertz CT molecular complexity index is 2000. The lowest BCUT2D eigenvalue weighted by molar-refractivity contribution is -0.359. The average molecular weight is 1200 g/mol. The molecular weight excluding hydrogens is 1090 g/mol. The third-order valence-corrected chi connectivity index (χ3v) is 15.0. The van der Waals surface area contributed by atoms with Gasteiger partial charge in [-0.25, -0.2) is 0 Å². The zero-order valence-electron chi connectivity index (χ0n) is 52.7. The third-order valence-electron chi connectivity index (χ3n) is 15.0. The fraction of sp³-hybridized carbons (Fsp3) is 0.653. The van der Waals surface area contributed by atoms with Crippen molar-refractivity contribution in [3.63, 3.8) is 0 Å². The van der Waals surface area contributed by atoms with Crippen molar-refractivity contribution in [2.45, 2.75) is 280 Å². The number of rotatable bonds is 51. The molecule has 2 heterocycles. The molecule has 0 aromatic heterocycles. The van der Waals surface area contributed by atoms with Gasteiger partial charge in [-0.2, -0.15) is 0 Å². The Kier molecular flexibility index (Phi) is 49.8. The summed E-state index contributed by atoms with van der Waals surface area (Å²) in [4.78, 5) is 13.3. The second kappa shape index (κ2) is 55.0. The standard InChI is InChI=1S/C72H117NO13/c1-3-5-7-9-11-13-15-17-19-20-21-22-23-24-25-26-27-28-29-30-31-32-33-34-35-36-37-38-39-40-42-44-46-48-50-52-54-56-64(77)73-60(61(76)55-53-51-49-47-45-43-41-18-16-14-12-10-8-6-4-2)59-83-71-69(82)67(80)70(63(58-75)85-71)86-72-68(81)66(79)65(78)62(57-74)84-72/h5,7,11,13,17,19,21-22,24-25,27-28,30-31,33-34,36-37,39-40,44,46,53,55,60-63,65-72,74-76,78-82H,3-4,6,8-10,12,14-16,18,20,23,26,29,32,35,38,41-43,45,47-52,54,56-59H2,1-2H3,(H,73,77)/b7-5-,13-11-,19-17-,22-21-,25-24-,28-27-,31-30-,34-33-,37-36-,40-39-,46-44-,55-53+. The summed E-state index contributed by atoms with van der Waals surface area (Å²) in [7, 11) is 0. The predicted octanol–water partition coefficient (Wildman–Crippen LogP) is 12.9. The Balaban J connectivity index is 1.70. The molecule has 0 aliphatic carbocycles. The molecule has 2 aliphatic heterocycles. The number of nitrogens with one attached hydrogen (secondary N) is 1. The maximum absolute atomic E-state index is 13.3. The van der Waals surface area contributed by atoms with Gasteiger partial charge in [-0.1, -0.05) is 243 Å². The molecule has 86 heavy (non-hydrogen) atoms. The quantitative estimate of drug-likeness (QED) is 0.0204. The number of unbranched alkanes of at least 4 members (excludes halogenated alkanes) is 16. The molecule has 1 amide bonds. The fourth-order valence-corrected chi connectivity index (χ4v) is 9.77. The highest BCUT2D eigenvalue weighted by Gasteiger charge is 2.51. The van der Waals surface area contributed by atoms with E-state index < -0.39 is 86.8 Å². The molecule has 0 spiro atoms. The molecule has 0 saturated carbocycles. The van der Waals surface area contributed by atoms with Gasteiger partial charge in [-0.05, 0) is 103 Å². The number of carbonyl (C=O) groups is 1. The lowest BCUT2D eigenvalue weighted by Crippen LogP contribution is -2.65. The maximum Gasteiger partial charge on any atom is 0.220 e. The van der Waals surface area contributed by atoms with Gasteiger partial charge in [0.1, 0.15) is 48.8 Å². The van der Waals surface area contributed by atoms with Crippen molar-refractivity contribution in [2.24, 2.45) is 0 Å². The second-order valence-corrected chi connectivity index (χ2v) is 22.5. The first-order valence-electron chi connectivity index (χ1n) is 33.1. The van der Waals surface area contributed by atoms with Crippen LogP contribution in [0, 0.1) is 0 Å². The largest absolute Gasteiger partial charge is 0.394 e. The SMILES string of the molecule is CC/C=C\C/C=C\C/C=C\C/C=C\C/C=C\C/C=C\C/C=C\C/C=C\C/C=C\C/C=C\C/C=C\CCCCCC(=O)NC(COC1OC(CO)C(OC2OC(CO)C(O)C(O)C2O)C(O)C1O)C(O)/C=C/CCCCCCCCCCCCCCC. The molecule has 12 unspecified atom stereocenters. The van der Waals surface area contributed by atoms with Gasteiger partial charge in [0.05, 0.1) is 32.0 Å². The van der Waals surface area contributed by atoms with Gasteiger partial charge >= 0.3 is 0 Å². The minimum Gasteiger partial charge on any atom is -0.394 e. The van der Waals surface area contributed by atoms with E-state index in [0.29, 0.717) is 6.42 Å². The molecule has 0 aromatic carbocycles. The van der Waals surface area contributed by atoms with Crippen LogP contribution in [0.5, 0.6) is 0 Å². The molecule has 14 heteroatoms. The summed E-state index contributed by atoms with van der Waals surface area (Å²) in [5, 5.41) is 87.2. The summed E-state index contributed by atoms with van der Waals surface area (Å²) in [6, 6.07) is -0.944. The fourth-order valence-electron chi connectivity index (χ4n) is 9.77. The number of amides is 1. The van der Waals surface area contributed by atoms with Crippen molar-refractivity contribution in [3.05, 3.63) is 146 Å². The highest BCUT2D eigenvalue weighted by Crippen LogP contribution is 2.30. The number of ether oxygens (including phenoxy) is 4. The van der Waals surface area contributed by atoms with E-state index in [1.165, 1.54) is 64.2 Å². The summed E-state index contributed by atoms with van der Waals surface area (Å²) < 4.78 is 22.8. The summed E-state index contributed by atoms with van der Waals surface area (Å²) in [6.45, 7) is 2.64. The number of hydrogen-bond donors (Lipinski definition) is 9. The normalized spacial score (nSPS) is 24.4. The van der Waals surface area contributed by atoms with Crippen LogP contribution in [0.1, 0.15) is 206 Å². The van der Waals surface area contributed by atoms with E-state index in [1.807, 2.05) is 6.08 Å². The Morgan fingerprint density at radius 1 is 0.430 bits per heavy atom. The van der Waals surface area contributed by atoms with E-state index >= 15 is 0 Å². The van der Waals surface area contributed by atoms with Crippen LogP contribution in [0.3, 0.4) is 0 Å². The van der Waals surface area contributed by atoms with Crippen LogP contribution < -0.4 is 5.32 Å². The van der Waals surface area contributed by atoms with Crippen LogP contribution in [0.25, 0.3) is 0 Å². The topological polar surface area (TPSA) is 228 Å². The Morgan fingerprint density at radius 3 is 1.23 bits per heavy atom. The number of allylic oxidation sites excluding steroid dienone is 23. The van der Waals surface area contributed by atoms with Gasteiger partial charge in [-0.3, -0.25) is 4.79 Å². The first-order valence-corrected chi connectivity index (χ1v) is 33.1. The number of hydrogen-bond acceptors (Lipinski definition) is 13. The van der Waals surface area contributed by atoms with Crippen molar-refractivity contribution in [1.29, 1.82) is 0 Å². The van der Waals surface area contributed by atoms with E-state index in [0.717, 1.165) is 116 Å². The highest BCUT2D eigenvalue weighted by atomic mass is 16.7. The van der Waals surface area contributed by atoms with E-state index in [9.17, 15) is 45.6 Å². The van der Waals surface area contributed by atoms with Crippen molar-refractivity contribution in [1.82, 2.24) is 5.32 Å². The van der Waals surface area contributed by atoms with Crippen LogP contribution in [-0.4, -0.2) is 140 Å². The molecule has 2 rings (SSSR count).